The SMILES string of the molecule is Cc1nn(C)c(Cl)c1S(=O)(=O)NCCc1ccc(CO)cc1. The van der Waals surface area contributed by atoms with E-state index in [2.05, 4.69) is 9.82 Å². The second kappa shape index (κ2) is 6.78. The van der Waals surface area contributed by atoms with Gasteiger partial charge in [0.15, 0.2) is 0 Å². The lowest BCUT2D eigenvalue weighted by atomic mass is 10.1. The van der Waals surface area contributed by atoms with E-state index in [1.165, 1.54) is 4.68 Å². The third-order valence-corrected chi connectivity index (χ3v) is 5.44. The van der Waals surface area contributed by atoms with Gasteiger partial charge in [-0.2, -0.15) is 5.10 Å². The Morgan fingerprint density at radius 3 is 2.36 bits per heavy atom. The monoisotopic (exact) mass is 343 g/mol. The first-order valence-electron chi connectivity index (χ1n) is 6.72. The lowest BCUT2D eigenvalue weighted by molar-refractivity contribution is 0.282. The molecule has 0 unspecified atom stereocenters. The summed E-state index contributed by atoms with van der Waals surface area (Å²) >= 11 is 5.99. The van der Waals surface area contributed by atoms with Gasteiger partial charge >= 0.3 is 0 Å². The van der Waals surface area contributed by atoms with E-state index < -0.39 is 10.0 Å². The molecule has 2 rings (SSSR count). The molecule has 0 spiro atoms. The predicted molar refractivity (Wildman–Crippen MR) is 84.2 cm³/mol. The molecule has 0 saturated heterocycles. The Hall–Kier alpha value is -1.41. The van der Waals surface area contributed by atoms with E-state index >= 15 is 0 Å². The van der Waals surface area contributed by atoms with E-state index in [4.69, 9.17) is 16.7 Å². The first-order valence-corrected chi connectivity index (χ1v) is 8.58. The van der Waals surface area contributed by atoms with Gasteiger partial charge < -0.3 is 5.11 Å². The van der Waals surface area contributed by atoms with Crippen LogP contribution in [-0.4, -0.2) is 29.8 Å². The number of hydrogen-bond acceptors (Lipinski definition) is 4. The van der Waals surface area contributed by atoms with E-state index in [1.54, 1.807) is 14.0 Å². The maximum Gasteiger partial charge on any atom is 0.245 e. The van der Waals surface area contributed by atoms with Gasteiger partial charge in [-0.1, -0.05) is 35.9 Å². The molecule has 6 nitrogen and oxygen atoms in total. The van der Waals surface area contributed by atoms with Crippen molar-refractivity contribution in [3.63, 3.8) is 0 Å². The van der Waals surface area contributed by atoms with Crippen LogP contribution < -0.4 is 4.72 Å². The number of benzene rings is 1. The number of aromatic nitrogens is 2. The molecule has 8 heteroatoms. The van der Waals surface area contributed by atoms with Crippen molar-refractivity contribution in [2.75, 3.05) is 6.54 Å². The third kappa shape index (κ3) is 3.67. The summed E-state index contributed by atoms with van der Waals surface area (Å²) < 4.78 is 28.5. The second-order valence-corrected chi connectivity index (χ2v) is 7.01. The number of aliphatic hydroxyl groups is 1. The van der Waals surface area contributed by atoms with E-state index in [0.717, 1.165) is 11.1 Å². The van der Waals surface area contributed by atoms with Crippen LogP contribution in [0.3, 0.4) is 0 Å². The van der Waals surface area contributed by atoms with Crippen molar-refractivity contribution in [3.8, 4) is 0 Å². The van der Waals surface area contributed by atoms with Gasteiger partial charge in [0.2, 0.25) is 10.0 Å². The van der Waals surface area contributed by atoms with Crippen molar-refractivity contribution >= 4 is 21.6 Å². The Balaban J connectivity index is 2.03. The number of nitrogens with zero attached hydrogens (tertiary/aromatic N) is 2. The van der Waals surface area contributed by atoms with Crippen molar-refractivity contribution < 1.29 is 13.5 Å². The summed E-state index contributed by atoms with van der Waals surface area (Å²) in [6.07, 6.45) is 0.544. The predicted octanol–water partition coefficient (Wildman–Crippen LogP) is 1.40. The summed E-state index contributed by atoms with van der Waals surface area (Å²) in [6.45, 7) is 1.85. The number of rotatable bonds is 6. The molecule has 0 atom stereocenters. The van der Waals surface area contributed by atoms with Crippen LogP contribution in [0.4, 0.5) is 0 Å². The molecule has 0 aliphatic rings. The highest BCUT2D eigenvalue weighted by atomic mass is 35.5. The summed E-state index contributed by atoms with van der Waals surface area (Å²) in [5.74, 6) is 0. The fraction of sp³-hybridized carbons (Fsp3) is 0.357. The zero-order valence-corrected chi connectivity index (χ0v) is 13.9. The van der Waals surface area contributed by atoms with Gasteiger partial charge in [0.1, 0.15) is 10.0 Å². The van der Waals surface area contributed by atoms with Crippen molar-refractivity contribution in [2.24, 2.45) is 7.05 Å². The molecule has 0 aliphatic heterocycles. The summed E-state index contributed by atoms with van der Waals surface area (Å²) in [7, 11) is -2.09. The van der Waals surface area contributed by atoms with E-state index in [1.807, 2.05) is 24.3 Å². The van der Waals surface area contributed by atoms with Crippen LogP contribution in [0.1, 0.15) is 16.8 Å². The van der Waals surface area contributed by atoms with Gasteiger partial charge in [0.05, 0.1) is 12.3 Å². The zero-order valence-electron chi connectivity index (χ0n) is 12.4. The minimum Gasteiger partial charge on any atom is -0.392 e. The number of sulfonamides is 1. The topological polar surface area (TPSA) is 84.2 Å². The molecular formula is C14H18ClN3O3S. The maximum absolute atomic E-state index is 12.3. The van der Waals surface area contributed by atoms with Crippen molar-refractivity contribution in [3.05, 3.63) is 46.2 Å². The number of aliphatic hydroxyl groups excluding tert-OH is 1. The largest absolute Gasteiger partial charge is 0.392 e. The van der Waals surface area contributed by atoms with Gasteiger partial charge in [0, 0.05) is 13.6 Å². The van der Waals surface area contributed by atoms with Crippen LogP contribution in [0.25, 0.3) is 0 Å². The smallest absolute Gasteiger partial charge is 0.245 e. The van der Waals surface area contributed by atoms with E-state index in [9.17, 15) is 8.42 Å². The molecule has 120 valence electrons. The third-order valence-electron chi connectivity index (χ3n) is 3.28. The van der Waals surface area contributed by atoms with Gasteiger partial charge in [-0.3, -0.25) is 4.68 Å². The standard InChI is InChI=1S/C14H18ClN3O3S/c1-10-13(14(15)18(2)17-10)22(20,21)16-8-7-11-3-5-12(9-19)6-4-11/h3-6,16,19H,7-9H2,1-2H3. The molecule has 22 heavy (non-hydrogen) atoms. The average molecular weight is 344 g/mol. The molecule has 0 amide bonds. The first kappa shape index (κ1) is 17.0. The number of nitrogens with one attached hydrogen (secondary N) is 1. The molecule has 0 radical (unpaired) electrons. The Morgan fingerprint density at radius 2 is 1.86 bits per heavy atom. The van der Waals surface area contributed by atoms with Crippen LogP contribution in [0.5, 0.6) is 0 Å². The van der Waals surface area contributed by atoms with Crippen LogP contribution in [0.2, 0.25) is 5.15 Å². The van der Waals surface area contributed by atoms with Crippen LogP contribution in [0.15, 0.2) is 29.2 Å². The Morgan fingerprint density at radius 1 is 1.27 bits per heavy atom. The minimum atomic E-state index is -3.69. The van der Waals surface area contributed by atoms with Crippen molar-refractivity contribution in [1.29, 1.82) is 0 Å². The normalized spacial score (nSPS) is 11.8. The molecule has 0 saturated carbocycles. The highest BCUT2D eigenvalue weighted by molar-refractivity contribution is 7.89. The molecule has 1 aromatic heterocycles. The minimum absolute atomic E-state index is 0.00824. The Bertz CT molecular complexity index is 754. The highest BCUT2D eigenvalue weighted by Crippen LogP contribution is 2.23. The summed E-state index contributed by atoms with van der Waals surface area (Å²) in [6, 6.07) is 7.35. The molecular weight excluding hydrogens is 326 g/mol. The number of aryl methyl sites for hydroxylation is 2. The molecule has 2 aromatic rings. The molecule has 2 N–H and O–H groups in total. The van der Waals surface area contributed by atoms with Gasteiger partial charge in [0.25, 0.3) is 0 Å². The lowest BCUT2D eigenvalue weighted by Crippen LogP contribution is -2.26. The van der Waals surface area contributed by atoms with Crippen LogP contribution in [-0.2, 0) is 30.1 Å². The second-order valence-electron chi connectivity index (χ2n) is 4.95. The molecule has 1 heterocycles. The summed E-state index contributed by atoms with van der Waals surface area (Å²) in [4.78, 5) is 0.0206. The number of halogens is 1. The zero-order chi connectivity index (χ0) is 16.3. The van der Waals surface area contributed by atoms with E-state index in [-0.39, 0.29) is 23.2 Å². The molecule has 0 fully saturated rings. The van der Waals surface area contributed by atoms with Gasteiger partial charge in [-0.15, -0.1) is 0 Å². The maximum atomic E-state index is 12.3. The Kier molecular flexibility index (Phi) is 5.23. The molecule has 1 aromatic carbocycles. The average Bonchev–Trinajstić information content (AvgIpc) is 2.73. The lowest BCUT2D eigenvalue weighted by Gasteiger charge is -2.07. The van der Waals surface area contributed by atoms with Gasteiger partial charge in [-0.25, -0.2) is 13.1 Å². The fourth-order valence-electron chi connectivity index (χ4n) is 2.13. The molecule has 0 aliphatic carbocycles. The highest BCUT2D eigenvalue weighted by Gasteiger charge is 2.24. The van der Waals surface area contributed by atoms with E-state index in [0.29, 0.717) is 12.1 Å². The quantitative estimate of drug-likeness (QED) is 0.830. The summed E-state index contributed by atoms with van der Waals surface area (Å²) in [5.41, 5.74) is 2.17. The number of hydrogen-bond donors (Lipinski definition) is 2. The van der Waals surface area contributed by atoms with Crippen LogP contribution in [0, 0.1) is 6.92 Å². The summed E-state index contributed by atoms with van der Waals surface area (Å²) in [5, 5.41) is 13.1. The fourth-order valence-corrected chi connectivity index (χ4v) is 3.91. The van der Waals surface area contributed by atoms with Gasteiger partial charge in [-0.05, 0) is 24.5 Å². The first-order chi connectivity index (χ1) is 10.3. The van der Waals surface area contributed by atoms with Crippen molar-refractivity contribution in [2.45, 2.75) is 24.8 Å². The van der Waals surface area contributed by atoms with Crippen molar-refractivity contribution in [1.82, 2.24) is 14.5 Å². The Labute approximate surface area is 134 Å². The van der Waals surface area contributed by atoms with Crippen LogP contribution >= 0.6 is 11.6 Å². The molecule has 0 bridgehead atoms.